The minimum Gasteiger partial charge on any atom is -0.443 e. The van der Waals surface area contributed by atoms with E-state index in [9.17, 15) is 9.59 Å². The van der Waals surface area contributed by atoms with Gasteiger partial charge in [-0.3, -0.25) is 14.3 Å². The zero-order valence-electron chi connectivity index (χ0n) is 11.5. The molecule has 106 valence electrons. The number of nitrogens with zero attached hydrogens (tertiary/aromatic N) is 3. The van der Waals surface area contributed by atoms with Gasteiger partial charge in [0.1, 0.15) is 5.69 Å². The molecule has 0 aliphatic carbocycles. The van der Waals surface area contributed by atoms with Crippen LogP contribution in [0.5, 0.6) is 0 Å². The summed E-state index contributed by atoms with van der Waals surface area (Å²) >= 11 is 0. The molecule has 0 atom stereocenters. The molecule has 0 fully saturated rings. The van der Waals surface area contributed by atoms with Crippen molar-refractivity contribution in [2.24, 2.45) is 5.41 Å². The van der Waals surface area contributed by atoms with E-state index in [2.05, 4.69) is 14.7 Å². The van der Waals surface area contributed by atoms with Gasteiger partial charge in [0.25, 0.3) is 0 Å². The highest BCUT2D eigenvalue weighted by Gasteiger charge is 2.24. The van der Waals surface area contributed by atoms with Gasteiger partial charge in [0.15, 0.2) is 6.73 Å². The Morgan fingerprint density at radius 2 is 2.15 bits per heavy atom. The Bertz CT molecular complexity index is 652. The minimum atomic E-state index is -0.702. The van der Waals surface area contributed by atoms with Gasteiger partial charge in [-0.05, 0) is 32.9 Å². The number of hydrogen-bond acceptors (Lipinski definition) is 6. The Kier molecular flexibility index (Phi) is 3.69. The molecule has 0 saturated heterocycles. The van der Waals surface area contributed by atoms with Crippen LogP contribution in [0.25, 0.3) is 11.5 Å². The first kappa shape index (κ1) is 14.0. The normalized spacial score (nSPS) is 11.3. The highest BCUT2D eigenvalue weighted by atomic mass is 16.6. The van der Waals surface area contributed by atoms with Gasteiger partial charge < -0.3 is 4.74 Å². The van der Waals surface area contributed by atoms with E-state index < -0.39 is 17.1 Å². The van der Waals surface area contributed by atoms with Gasteiger partial charge in [0, 0.05) is 6.20 Å². The van der Waals surface area contributed by atoms with Crippen LogP contribution in [0.2, 0.25) is 0 Å². The standard InChI is InChI=1S/C13H15N3O4/c1-13(2,3)11(17)19-8-16-10(15-20-12(16)18)9-6-4-5-7-14-9/h4-7H,8H2,1-3H3. The average molecular weight is 277 g/mol. The third-order valence-electron chi connectivity index (χ3n) is 2.52. The van der Waals surface area contributed by atoms with E-state index >= 15 is 0 Å². The third kappa shape index (κ3) is 2.93. The number of aromatic nitrogens is 3. The van der Waals surface area contributed by atoms with E-state index in [0.29, 0.717) is 5.69 Å². The Hall–Kier alpha value is -2.44. The molecule has 20 heavy (non-hydrogen) atoms. The molecular formula is C13H15N3O4. The molecule has 0 saturated carbocycles. The van der Waals surface area contributed by atoms with Gasteiger partial charge in [-0.25, -0.2) is 9.36 Å². The second-order valence-corrected chi connectivity index (χ2v) is 5.23. The first-order valence-corrected chi connectivity index (χ1v) is 6.05. The molecule has 0 spiro atoms. The predicted molar refractivity (Wildman–Crippen MR) is 69.5 cm³/mol. The van der Waals surface area contributed by atoms with Crippen LogP contribution in [-0.2, 0) is 16.3 Å². The number of pyridine rings is 1. The fourth-order valence-corrected chi connectivity index (χ4v) is 1.40. The SMILES string of the molecule is CC(C)(C)C(=O)OCn1c(-c2ccccn2)noc1=O. The lowest BCUT2D eigenvalue weighted by Gasteiger charge is -2.16. The van der Waals surface area contributed by atoms with E-state index in [0.717, 1.165) is 4.57 Å². The molecule has 0 amide bonds. The van der Waals surface area contributed by atoms with Gasteiger partial charge in [-0.1, -0.05) is 11.2 Å². The summed E-state index contributed by atoms with van der Waals surface area (Å²) in [7, 11) is 0. The molecule has 2 heterocycles. The van der Waals surface area contributed by atoms with Crippen LogP contribution < -0.4 is 5.76 Å². The van der Waals surface area contributed by atoms with E-state index in [4.69, 9.17) is 4.74 Å². The van der Waals surface area contributed by atoms with Crippen molar-refractivity contribution >= 4 is 5.97 Å². The van der Waals surface area contributed by atoms with Crippen molar-refractivity contribution in [1.82, 2.24) is 14.7 Å². The van der Waals surface area contributed by atoms with Gasteiger partial charge in [-0.2, -0.15) is 0 Å². The maximum absolute atomic E-state index is 11.7. The zero-order chi connectivity index (χ0) is 14.8. The Morgan fingerprint density at radius 1 is 1.40 bits per heavy atom. The highest BCUT2D eigenvalue weighted by Crippen LogP contribution is 2.16. The fourth-order valence-electron chi connectivity index (χ4n) is 1.40. The van der Waals surface area contributed by atoms with E-state index in [1.807, 2.05) is 0 Å². The maximum atomic E-state index is 11.7. The molecular weight excluding hydrogens is 262 g/mol. The van der Waals surface area contributed by atoms with Crippen LogP contribution in [0, 0.1) is 5.41 Å². The Balaban J connectivity index is 2.23. The Morgan fingerprint density at radius 3 is 2.75 bits per heavy atom. The summed E-state index contributed by atoms with van der Waals surface area (Å²) < 4.78 is 10.8. The van der Waals surface area contributed by atoms with Crippen LogP contribution >= 0.6 is 0 Å². The van der Waals surface area contributed by atoms with Crippen molar-refractivity contribution in [2.45, 2.75) is 27.5 Å². The minimum absolute atomic E-state index is 0.220. The molecule has 2 rings (SSSR count). The van der Waals surface area contributed by atoms with E-state index in [-0.39, 0.29) is 12.6 Å². The summed E-state index contributed by atoms with van der Waals surface area (Å²) in [5.74, 6) is -0.901. The van der Waals surface area contributed by atoms with Crippen molar-refractivity contribution in [1.29, 1.82) is 0 Å². The molecule has 0 bridgehead atoms. The molecule has 0 aromatic carbocycles. The largest absolute Gasteiger partial charge is 0.444 e. The second kappa shape index (κ2) is 5.28. The van der Waals surface area contributed by atoms with Crippen LogP contribution in [0.15, 0.2) is 33.7 Å². The molecule has 0 radical (unpaired) electrons. The molecule has 7 heteroatoms. The second-order valence-electron chi connectivity index (χ2n) is 5.23. The molecule has 2 aromatic rings. The molecule has 0 N–H and O–H groups in total. The van der Waals surface area contributed by atoms with Gasteiger partial charge >= 0.3 is 11.7 Å². The van der Waals surface area contributed by atoms with Gasteiger partial charge in [-0.15, -0.1) is 0 Å². The maximum Gasteiger partial charge on any atom is 0.444 e. The quantitative estimate of drug-likeness (QED) is 0.789. The molecule has 2 aromatic heterocycles. The van der Waals surface area contributed by atoms with Crippen molar-refractivity contribution in [3.63, 3.8) is 0 Å². The van der Waals surface area contributed by atoms with Crippen molar-refractivity contribution < 1.29 is 14.1 Å². The van der Waals surface area contributed by atoms with Crippen molar-refractivity contribution in [3.05, 3.63) is 34.9 Å². The smallest absolute Gasteiger partial charge is 0.443 e. The van der Waals surface area contributed by atoms with Crippen LogP contribution in [0.4, 0.5) is 0 Å². The topological polar surface area (TPSA) is 87.2 Å². The fraction of sp³-hybridized carbons (Fsp3) is 0.385. The van der Waals surface area contributed by atoms with Crippen LogP contribution in [-0.4, -0.2) is 20.7 Å². The van der Waals surface area contributed by atoms with E-state index in [1.165, 1.54) is 0 Å². The van der Waals surface area contributed by atoms with Gasteiger partial charge in [0.2, 0.25) is 5.82 Å². The number of hydrogen-bond donors (Lipinski definition) is 0. The predicted octanol–water partition coefficient (Wildman–Crippen LogP) is 1.45. The molecule has 7 nitrogen and oxygen atoms in total. The average Bonchev–Trinajstić information content (AvgIpc) is 2.77. The molecule has 0 unspecified atom stereocenters. The van der Waals surface area contributed by atoms with Crippen molar-refractivity contribution in [3.8, 4) is 11.5 Å². The summed E-state index contributed by atoms with van der Waals surface area (Å²) in [6, 6.07) is 5.18. The lowest BCUT2D eigenvalue weighted by Crippen LogP contribution is -2.26. The molecule has 0 aliphatic heterocycles. The third-order valence-corrected chi connectivity index (χ3v) is 2.52. The lowest BCUT2D eigenvalue weighted by atomic mass is 9.98. The number of rotatable bonds is 3. The summed E-state index contributed by atoms with van der Waals surface area (Å²) in [6.45, 7) is 4.92. The van der Waals surface area contributed by atoms with E-state index in [1.54, 1.807) is 45.2 Å². The number of carbonyl (C=O) groups excluding carboxylic acids is 1. The zero-order valence-corrected chi connectivity index (χ0v) is 11.5. The number of ether oxygens (including phenoxy) is 1. The summed E-state index contributed by atoms with van der Waals surface area (Å²) in [6.07, 6.45) is 1.57. The summed E-state index contributed by atoms with van der Waals surface area (Å²) in [5.41, 5.74) is -0.184. The van der Waals surface area contributed by atoms with Gasteiger partial charge in [0.05, 0.1) is 5.41 Å². The number of carbonyl (C=O) groups is 1. The van der Waals surface area contributed by atoms with Crippen LogP contribution in [0.1, 0.15) is 20.8 Å². The van der Waals surface area contributed by atoms with Crippen molar-refractivity contribution in [2.75, 3.05) is 0 Å². The highest BCUT2D eigenvalue weighted by molar-refractivity contribution is 5.75. The molecule has 0 aliphatic rings. The first-order valence-electron chi connectivity index (χ1n) is 6.05. The summed E-state index contributed by atoms with van der Waals surface area (Å²) in [5, 5.41) is 3.65. The Labute approximate surface area is 115 Å². The summed E-state index contributed by atoms with van der Waals surface area (Å²) in [4.78, 5) is 27.4. The lowest BCUT2D eigenvalue weighted by molar-refractivity contribution is -0.157. The van der Waals surface area contributed by atoms with Crippen LogP contribution in [0.3, 0.4) is 0 Å². The first-order chi connectivity index (χ1) is 9.39. The number of esters is 1. The monoisotopic (exact) mass is 277 g/mol.